The van der Waals surface area contributed by atoms with E-state index in [1.54, 1.807) is 0 Å². The van der Waals surface area contributed by atoms with E-state index in [1.807, 2.05) is 6.92 Å². The molecule has 0 radical (unpaired) electrons. The molecule has 0 atom stereocenters. The summed E-state index contributed by atoms with van der Waals surface area (Å²) in [5, 5.41) is 0. The summed E-state index contributed by atoms with van der Waals surface area (Å²) in [4.78, 5) is 16.8. The number of hydrogen-bond donors (Lipinski definition) is 0. The molecular weight excluding hydrogens is 444 g/mol. The van der Waals surface area contributed by atoms with Gasteiger partial charge in [-0.3, -0.25) is 4.79 Å². The lowest BCUT2D eigenvalue weighted by Crippen LogP contribution is -2.06. The average molecular weight is 489 g/mol. The van der Waals surface area contributed by atoms with Gasteiger partial charge in [0.05, 0.1) is 18.0 Å². The Kier molecular flexibility index (Phi) is 12.3. The molecule has 1 heterocycles. The van der Waals surface area contributed by atoms with E-state index in [0.29, 0.717) is 13.0 Å². The molecule has 1 aromatic heterocycles. The number of rotatable bonds is 17. The van der Waals surface area contributed by atoms with Crippen molar-refractivity contribution >= 4 is 5.97 Å². The molecule has 194 valence electrons. The molecule has 3 rings (SSSR count). The van der Waals surface area contributed by atoms with Crippen LogP contribution in [0.1, 0.15) is 90.3 Å². The van der Waals surface area contributed by atoms with Gasteiger partial charge in [0.15, 0.2) is 0 Å². The average Bonchev–Trinajstić information content (AvgIpc) is 3.27. The van der Waals surface area contributed by atoms with Crippen LogP contribution in [-0.2, 0) is 22.5 Å². The SMILES string of the molecule is CCCCCCCc1nc(-c2ccccc2)c(-c2ccccc2)n1CCCCCCCC(=O)OCC. The van der Waals surface area contributed by atoms with E-state index < -0.39 is 0 Å². The first-order chi connectivity index (χ1) is 17.7. The third-order valence-corrected chi connectivity index (χ3v) is 6.71. The first kappa shape index (κ1) is 27.7. The van der Waals surface area contributed by atoms with Crippen molar-refractivity contribution in [2.24, 2.45) is 0 Å². The maximum Gasteiger partial charge on any atom is 0.305 e. The first-order valence-corrected chi connectivity index (χ1v) is 14.1. The van der Waals surface area contributed by atoms with Crippen LogP contribution in [-0.4, -0.2) is 22.1 Å². The van der Waals surface area contributed by atoms with E-state index in [0.717, 1.165) is 50.8 Å². The zero-order valence-electron chi connectivity index (χ0n) is 22.4. The standard InChI is InChI=1S/C32H44N2O2/c1-3-5-6-8-17-24-29-33-31(27-20-13-11-14-21-27)32(28-22-15-12-16-23-28)34(29)26-19-10-7-9-18-25-30(35)36-4-2/h11-16,20-23H,3-10,17-19,24-26H2,1-2H3. The molecule has 2 aromatic carbocycles. The lowest BCUT2D eigenvalue weighted by molar-refractivity contribution is -0.143. The van der Waals surface area contributed by atoms with Crippen LogP contribution in [0, 0.1) is 0 Å². The zero-order valence-corrected chi connectivity index (χ0v) is 22.4. The highest BCUT2D eigenvalue weighted by Crippen LogP contribution is 2.34. The Morgan fingerprint density at radius 1 is 0.750 bits per heavy atom. The second kappa shape index (κ2) is 16.0. The van der Waals surface area contributed by atoms with E-state index in [2.05, 4.69) is 72.2 Å². The lowest BCUT2D eigenvalue weighted by Gasteiger charge is -2.14. The van der Waals surface area contributed by atoms with Crippen molar-refractivity contribution < 1.29 is 9.53 Å². The van der Waals surface area contributed by atoms with Gasteiger partial charge in [0.1, 0.15) is 5.82 Å². The quantitative estimate of drug-likeness (QED) is 0.141. The third kappa shape index (κ3) is 8.65. The normalized spacial score (nSPS) is 11.1. The molecule has 36 heavy (non-hydrogen) atoms. The van der Waals surface area contributed by atoms with E-state index in [1.165, 1.54) is 54.7 Å². The van der Waals surface area contributed by atoms with Crippen LogP contribution in [0.25, 0.3) is 22.5 Å². The van der Waals surface area contributed by atoms with Crippen molar-refractivity contribution in [2.45, 2.75) is 97.4 Å². The van der Waals surface area contributed by atoms with Gasteiger partial charge >= 0.3 is 5.97 Å². The number of hydrogen-bond acceptors (Lipinski definition) is 3. The molecule has 0 N–H and O–H groups in total. The fraction of sp³-hybridized carbons (Fsp3) is 0.500. The minimum atomic E-state index is -0.0690. The molecule has 0 bridgehead atoms. The van der Waals surface area contributed by atoms with Gasteiger partial charge < -0.3 is 9.30 Å². The van der Waals surface area contributed by atoms with E-state index >= 15 is 0 Å². The topological polar surface area (TPSA) is 44.1 Å². The summed E-state index contributed by atoms with van der Waals surface area (Å²) in [5.74, 6) is 1.15. The highest BCUT2D eigenvalue weighted by atomic mass is 16.5. The van der Waals surface area contributed by atoms with Crippen molar-refractivity contribution in [3.8, 4) is 22.5 Å². The number of aromatic nitrogens is 2. The van der Waals surface area contributed by atoms with Crippen LogP contribution < -0.4 is 0 Å². The highest BCUT2D eigenvalue weighted by molar-refractivity contribution is 5.79. The predicted octanol–water partition coefficient (Wildman–Crippen LogP) is 8.63. The van der Waals surface area contributed by atoms with Gasteiger partial charge in [-0.1, -0.05) is 113 Å². The monoisotopic (exact) mass is 488 g/mol. The van der Waals surface area contributed by atoms with Gasteiger partial charge in [0, 0.05) is 30.5 Å². The molecule has 0 aliphatic heterocycles. The highest BCUT2D eigenvalue weighted by Gasteiger charge is 2.19. The van der Waals surface area contributed by atoms with Gasteiger partial charge in [0.2, 0.25) is 0 Å². The van der Waals surface area contributed by atoms with E-state index in [4.69, 9.17) is 9.72 Å². The van der Waals surface area contributed by atoms with Crippen LogP contribution in [0.5, 0.6) is 0 Å². The van der Waals surface area contributed by atoms with Crippen molar-refractivity contribution in [1.29, 1.82) is 0 Å². The van der Waals surface area contributed by atoms with Gasteiger partial charge in [-0.05, 0) is 26.2 Å². The minimum Gasteiger partial charge on any atom is -0.466 e. The minimum absolute atomic E-state index is 0.0690. The summed E-state index contributed by atoms with van der Waals surface area (Å²) in [6.07, 6.45) is 13.3. The Morgan fingerprint density at radius 3 is 2.06 bits per heavy atom. The molecular formula is C32H44N2O2. The molecule has 4 heteroatoms. The zero-order chi connectivity index (χ0) is 25.4. The molecule has 0 spiro atoms. The maximum absolute atomic E-state index is 11.6. The van der Waals surface area contributed by atoms with Crippen LogP contribution in [0.3, 0.4) is 0 Å². The Bertz CT molecular complexity index is 1010. The molecule has 0 saturated carbocycles. The van der Waals surface area contributed by atoms with Gasteiger partial charge in [-0.25, -0.2) is 4.98 Å². The molecule has 3 aromatic rings. The van der Waals surface area contributed by atoms with Crippen LogP contribution >= 0.6 is 0 Å². The van der Waals surface area contributed by atoms with Crippen molar-refractivity contribution in [2.75, 3.05) is 6.61 Å². The number of carbonyl (C=O) groups is 1. The number of imidazole rings is 1. The number of carbonyl (C=O) groups excluding carboxylic acids is 1. The van der Waals surface area contributed by atoms with Gasteiger partial charge in [0.25, 0.3) is 0 Å². The lowest BCUT2D eigenvalue weighted by atomic mass is 10.0. The van der Waals surface area contributed by atoms with Crippen molar-refractivity contribution in [1.82, 2.24) is 9.55 Å². The summed E-state index contributed by atoms with van der Waals surface area (Å²) >= 11 is 0. The van der Waals surface area contributed by atoms with Crippen LogP contribution in [0.15, 0.2) is 60.7 Å². The fourth-order valence-corrected chi connectivity index (χ4v) is 4.81. The third-order valence-electron chi connectivity index (χ3n) is 6.71. The summed E-state index contributed by atoms with van der Waals surface area (Å²) in [6, 6.07) is 21.4. The molecule has 4 nitrogen and oxygen atoms in total. The number of ether oxygens (including phenoxy) is 1. The number of esters is 1. The number of nitrogens with zero attached hydrogens (tertiary/aromatic N) is 2. The molecule has 0 fully saturated rings. The second-order valence-corrected chi connectivity index (χ2v) is 9.60. The van der Waals surface area contributed by atoms with Gasteiger partial charge in [-0.2, -0.15) is 0 Å². The van der Waals surface area contributed by atoms with Gasteiger partial charge in [-0.15, -0.1) is 0 Å². The Hall–Kier alpha value is -2.88. The predicted molar refractivity (Wildman–Crippen MR) is 150 cm³/mol. The first-order valence-electron chi connectivity index (χ1n) is 14.1. The number of aryl methyl sites for hydroxylation is 1. The summed E-state index contributed by atoms with van der Waals surface area (Å²) in [6.45, 7) is 5.58. The Balaban J connectivity index is 1.74. The fourth-order valence-electron chi connectivity index (χ4n) is 4.81. The van der Waals surface area contributed by atoms with Crippen LogP contribution in [0.2, 0.25) is 0 Å². The van der Waals surface area contributed by atoms with Crippen molar-refractivity contribution in [3.05, 3.63) is 66.5 Å². The molecule has 0 saturated heterocycles. The molecule has 0 unspecified atom stereocenters. The number of benzene rings is 2. The summed E-state index contributed by atoms with van der Waals surface area (Å²) in [5.41, 5.74) is 4.75. The second-order valence-electron chi connectivity index (χ2n) is 9.60. The van der Waals surface area contributed by atoms with Crippen molar-refractivity contribution in [3.63, 3.8) is 0 Å². The summed E-state index contributed by atoms with van der Waals surface area (Å²) < 4.78 is 7.54. The number of unbranched alkanes of at least 4 members (excludes halogenated alkanes) is 8. The van der Waals surface area contributed by atoms with Crippen LogP contribution in [0.4, 0.5) is 0 Å². The Labute approximate surface area is 218 Å². The largest absolute Gasteiger partial charge is 0.466 e. The maximum atomic E-state index is 11.6. The summed E-state index contributed by atoms with van der Waals surface area (Å²) in [7, 11) is 0. The van der Waals surface area contributed by atoms with E-state index in [-0.39, 0.29) is 5.97 Å². The molecule has 0 aliphatic rings. The Morgan fingerprint density at radius 2 is 1.36 bits per heavy atom. The van der Waals surface area contributed by atoms with E-state index in [9.17, 15) is 4.79 Å². The smallest absolute Gasteiger partial charge is 0.305 e. The molecule has 0 aliphatic carbocycles. The molecule has 0 amide bonds.